The maximum atomic E-state index is 10.7. The second-order valence-electron chi connectivity index (χ2n) is 4.35. The fourth-order valence-corrected chi connectivity index (χ4v) is 3.00. The molecule has 2 aromatic rings. The van der Waals surface area contributed by atoms with Crippen LogP contribution in [0.25, 0.3) is 0 Å². The molecule has 2 aromatic heterocycles. The molecule has 2 heterocycles. The highest BCUT2D eigenvalue weighted by Crippen LogP contribution is 2.34. The quantitative estimate of drug-likeness (QED) is 0.907. The smallest absolute Gasteiger partial charge is 0.139 e. The molecular weight excluding hydrogens is 234 g/mol. The van der Waals surface area contributed by atoms with Gasteiger partial charge in [-0.1, -0.05) is 12.1 Å². The van der Waals surface area contributed by atoms with Crippen LogP contribution in [0.1, 0.15) is 36.4 Å². The number of aromatic nitrogens is 3. The van der Waals surface area contributed by atoms with Gasteiger partial charge in [-0.25, -0.2) is 4.68 Å². The fourth-order valence-electron chi connectivity index (χ4n) is 2.00. The molecular formula is C12H17N3OS. The van der Waals surface area contributed by atoms with E-state index in [0.717, 1.165) is 29.1 Å². The molecule has 0 aromatic carbocycles. The molecule has 0 aliphatic carbocycles. The molecule has 0 saturated carbocycles. The first kappa shape index (κ1) is 12.3. The van der Waals surface area contributed by atoms with Crippen molar-refractivity contribution in [3.63, 3.8) is 0 Å². The van der Waals surface area contributed by atoms with Gasteiger partial charge in [-0.05, 0) is 37.3 Å². The van der Waals surface area contributed by atoms with Crippen LogP contribution in [-0.2, 0) is 12.1 Å². The Morgan fingerprint density at radius 1 is 1.53 bits per heavy atom. The Hall–Kier alpha value is -1.20. The summed E-state index contributed by atoms with van der Waals surface area (Å²) in [6.07, 6.45) is 2.62. The number of aliphatic hydroxyl groups is 1. The van der Waals surface area contributed by atoms with Crippen LogP contribution in [0.2, 0.25) is 0 Å². The van der Waals surface area contributed by atoms with E-state index in [0.29, 0.717) is 0 Å². The minimum Gasteiger partial charge on any atom is -0.378 e. The molecule has 17 heavy (non-hydrogen) atoms. The van der Waals surface area contributed by atoms with E-state index < -0.39 is 5.60 Å². The van der Waals surface area contributed by atoms with Gasteiger partial charge < -0.3 is 5.11 Å². The van der Waals surface area contributed by atoms with E-state index in [-0.39, 0.29) is 0 Å². The van der Waals surface area contributed by atoms with Gasteiger partial charge in [0.05, 0.1) is 11.9 Å². The third kappa shape index (κ3) is 2.12. The zero-order chi connectivity index (χ0) is 12.5. The van der Waals surface area contributed by atoms with Gasteiger partial charge >= 0.3 is 0 Å². The van der Waals surface area contributed by atoms with Crippen LogP contribution in [0.15, 0.2) is 17.6 Å². The van der Waals surface area contributed by atoms with Crippen molar-refractivity contribution in [1.29, 1.82) is 0 Å². The summed E-state index contributed by atoms with van der Waals surface area (Å²) in [4.78, 5) is 0.956. The molecule has 1 N–H and O–H groups in total. The normalized spacial score (nSPS) is 14.8. The molecule has 0 saturated heterocycles. The molecule has 0 amide bonds. The summed E-state index contributed by atoms with van der Waals surface area (Å²) >= 11 is 1.56. The Morgan fingerprint density at radius 2 is 2.29 bits per heavy atom. The van der Waals surface area contributed by atoms with E-state index in [2.05, 4.69) is 17.2 Å². The minimum absolute atomic E-state index is 0.755. The van der Waals surface area contributed by atoms with Gasteiger partial charge in [0.25, 0.3) is 0 Å². The van der Waals surface area contributed by atoms with Crippen molar-refractivity contribution in [2.45, 2.75) is 39.3 Å². The van der Waals surface area contributed by atoms with Crippen molar-refractivity contribution in [2.75, 3.05) is 0 Å². The number of hydrogen-bond donors (Lipinski definition) is 1. The summed E-state index contributed by atoms with van der Waals surface area (Å²) in [6.45, 7) is 6.66. The van der Waals surface area contributed by atoms with Crippen molar-refractivity contribution >= 4 is 11.3 Å². The Morgan fingerprint density at radius 3 is 2.88 bits per heavy atom. The zero-order valence-corrected chi connectivity index (χ0v) is 11.2. The third-order valence-electron chi connectivity index (χ3n) is 2.86. The molecule has 0 radical (unpaired) electrons. The largest absolute Gasteiger partial charge is 0.378 e. The lowest BCUT2D eigenvalue weighted by molar-refractivity contribution is 0.0947. The van der Waals surface area contributed by atoms with Crippen molar-refractivity contribution < 1.29 is 5.11 Å². The van der Waals surface area contributed by atoms with Crippen molar-refractivity contribution in [3.8, 4) is 0 Å². The van der Waals surface area contributed by atoms with Crippen LogP contribution in [0.4, 0.5) is 0 Å². The van der Waals surface area contributed by atoms with Gasteiger partial charge in [-0.15, -0.1) is 16.4 Å². The standard InChI is InChI=1S/C12H17N3OS/c1-4-6-15-10(8-13-14-15)12(3,16)11-9(2)5-7-17-11/h5,7-8,16H,4,6H2,1-3H3. The first-order chi connectivity index (χ1) is 8.07. The second kappa shape index (κ2) is 4.58. The topological polar surface area (TPSA) is 50.9 Å². The van der Waals surface area contributed by atoms with Crippen LogP contribution in [0.3, 0.4) is 0 Å². The third-order valence-corrected chi connectivity index (χ3v) is 4.08. The molecule has 0 spiro atoms. The lowest BCUT2D eigenvalue weighted by atomic mass is 9.98. The van der Waals surface area contributed by atoms with Crippen LogP contribution in [0.5, 0.6) is 0 Å². The molecule has 5 heteroatoms. The van der Waals surface area contributed by atoms with E-state index in [1.807, 2.05) is 18.4 Å². The second-order valence-corrected chi connectivity index (χ2v) is 5.26. The lowest BCUT2D eigenvalue weighted by Crippen LogP contribution is -2.26. The highest BCUT2D eigenvalue weighted by molar-refractivity contribution is 7.10. The summed E-state index contributed by atoms with van der Waals surface area (Å²) in [7, 11) is 0. The van der Waals surface area contributed by atoms with E-state index >= 15 is 0 Å². The number of hydrogen-bond acceptors (Lipinski definition) is 4. The maximum absolute atomic E-state index is 10.7. The van der Waals surface area contributed by atoms with Gasteiger partial charge in [0, 0.05) is 11.4 Å². The minimum atomic E-state index is -1.02. The van der Waals surface area contributed by atoms with E-state index in [1.54, 1.807) is 29.1 Å². The number of rotatable bonds is 4. The maximum Gasteiger partial charge on any atom is 0.139 e. The number of nitrogens with zero attached hydrogens (tertiary/aromatic N) is 3. The zero-order valence-electron chi connectivity index (χ0n) is 10.3. The van der Waals surface area contributed by atoms with E-state index in [4.69, 9.17) is 0 Å². The lowest BCUT2D eigenvalue weighted by Gasteiger charge is -2.23. The van der Waals surface area contributed by atoms with E-state index in [1.165, 1.54) is 0 Å². The summed E-state index contributed by atoms with van der Waals surface area (Å²) in [5.74, 6) is 0. The molecule has 0 aliphatic heterocycles. The van der Waals surface area contributed by atoms with Gasteiger partial charge in [-0.3, -0.25) is 0 Å². The first-order valence-electron chi connectivity index (χ1n) is 5.73. The molecule has 1 unspecified atom stereocenters. The Balaban J connectivity index is 2.44. The van der Waals surface area contributed by atoms with Crippen molar-refractivity contribution in [1.82, 2.24) is 15.0 Å². The first-order valence-corrected chi connectivity index (χ1v) is 6.61. The molecule has 0 aliphatic rings. The summed E-state index contributed by atoms with van der Waals surface area (Å²) in [5, 5.41) is 20.7. The highest BCUT2D eigenvalue weighted by atomic mass is 32.1. The predicted octanol–water partition coefficient (Wildman–Crippen LogP) is 2.31. The van der Waals surface area contributed by atoms with Gasteiger partial charge in [0.2, 0.25) is 0 Å². The van der Waals surface area contributed by atoms with Crippen LogP contribution < -0.4 is 0 Å². The average molecular weight is 251 g/mol. The monoisotopic (exact) mass is 251 g/mol. The molecule has 0 bridgehead atoms. The van der Waals surface area contributed by atoms with Gasteiger partial charge in [0.15, 0.2) is 0 Å². The van der Waals surface area contributed by atoms with Crippen LogP contribution >= 0.6 is 11.3 Å². The molecule has 2 rings (SSSR count). The Bertz CT molecular complexity index is 501. The van der Waals surface area contributed by atoms with Crippen molar-refractivity contribution in [2.24, 2.45) is 0 Å². The summed E-state index contributed by atoms with van der Waals surface area (Å²) < 4.78 is 1.78. The fraction of sp³-hybridized carbons (Fsp3) is 0.500. The molecule has 92 valence electrons. The van der Waals surface area contributed by atoms with Gasteiger partial charge in [0.1, 0.15) is 5.60 Å². The van der Waals surface area contributed by atoms with Crippen LogP contribution in [0, 0.1) is 6.92 Å². The number of thiophene rings is 1. The van der Waals surface area contributed by atoms with Gasteiger partial charge in [-0.2, -0.15) is 0 Å². The SMILES string of the molecule is CCCn1nncc1C(C)(O)c1sccc1C. The van der Waals surface area contributed by atoms with Crippen molar-refractivity contribution in [3.05, 3.63) is 33.8 Å². The molecule has 1 atom stereocenters. The number of aryl methyl sites for hydroxylation is 2. The predicted molar refractivity (Wildman–Crippen MR) is 68.0 cm³/mol. The Kier molecular flexibility index (Phi) is 3.31. The summed E-state index contributed by atoms with van der Waals surface area (Å²) in [5.41, 5.74) is 0.839. The molecule has 0 fully saturated rings. The van der Waals surface area contributed by atoms with E-state index in [9.17, 15) is 5.11 Å². The Labute approximate surface area is 105 Å². The van der Waals surface area contributed by atoms with Crippen LogP contribution in [-0.4, -0.2) is 20.1 Å². The summed E-state index contributed by atoms with van der Waals surface area (Å²) in [6, 6.07) is 2.02. The highest BCUT2D eigenvalue weighted by Gasteiger charge is 2.32. The molecule has 4 nitrogen and oxygen atoms in total. The average Bonchev–Trinajstić information content (AvgIpc) is 2.87.